The Bertz CT molecular complexity index is 505. The van der Waals surface area contributed by atoms with E-state index < -0.39 is 0 Å². The van der Waals surface area contributed by atoms with Crippen LogP contribution < -0.4 is 5.32 Å². The summed E-state index contributed by atoms with van der Waals surface area (Å²) >= 11 is 0. The summed E-state index contributed by atoms with van der Waals surface area (Å²) in [6, 6.07) is 4.37. The fourth-order valence-electron chi connectivity index (χ4n) is 2.72. The SMILES string of the molecule is CC(C)C(CCO)Nc1nc2c(cc1C#N)CCCC2. The fourth-order valence-corrected chi connectivity index (χ4v) is 2.72. The van der Waals surface area contributed by atoms with Gasteiger partial charge in [0.05, 0.1) is 5.56 Å². The van der Waals surface area contributed by atoms with E-state index in [-0.39, 0.29) is 12.6 Å². The summed E-state index contributed by atoms with van der Waals surface area (Å²) in [5, 5.41) is 21.8. The van der Waals surface area contributed by atoms with Crippen molar-refractivity contribution in [3.8, 4) is 6.07 Å². The lowest BCUT2D eigenvalue weighted by Crippen LogP contribution is -2.28. The molecule has 0 saturated carbocycles. The molecule has 0 spiro atoms. The van der Waals surface area contributed by atoms with E-state index >= 15 is 0 Å². The number of nitrogens with zero attached hydrogens (tertiary/aromatic N) is 2. The lowest BCUT2D eigenvalue weighted by Gasteiger charge is -2.24. The molecule has 2 rings (SSSR count). The van der Waals surface area contributed by atoms with Crippen LogP contribution in [-0.2, 0) is 12.8 Å². The molecule has 1 heterocycles. The van der Waals surface area contributed by atoms with Crippen LogP contribution >= 0.6 is 0 Å². The van der Waals surface area contributed by atoms with E-state index in [0.717, 1.165) is 18.5 Å². The molecule has 1 aromatic rings. The number of nitrogens with one attached hydrogen (secondary N) is 1. The van der Waals surface area contributed by atoms with E-state index in [9.17, 15) is 5.26 Å². The molecule has 20 heavy (non-hydrogen) atoms. The van der Waals surface area contributed by atoms with Gasteiger partial charge in [-0.3, -0.25) is 0 Å². The van der Waals surface area contributed by atoms with E-state index in [4.69, 9.17) is 5.11 Å². The first-order valence-corrected chi connectivity index (χ1v) is 7.46. The number of anilines is 1. The zero-order valence-corrected chi connectivity index (χ0v) is 12.3. The number of aliphatic hydroxyl groups is 1. The van der Waals surface area contributed by atoms with Crippen LogP contribution in [0.4, 0.5) is 5.82 Å². The molecular formula is C16H23N3O. The summed E-state index contributed by atoms with van der Waals surface area (Å²) in [5.41, 5.74) is 2.97. The maximum atomic E-state index is 9.32. The lowest BCUT2D eigenvalue weighted by molar-refractivity contribution is 0.267. The van der Waals surface area contributed by atoms with Crippen molar-refractivity contribution in [2.75, 3.05) is 11.9 Å². The van der Waals surface area contributed by atoms with Crippen molar-refractivity contribution in [3.63, 3.8) is 0 Å². The van der Waals surface area contributed by atoms with Gasteiger partial charge in [0.15, 0.2) is 0 Å². The summed E-state index contributed by atoms with van der Waals surface area (Å²) in [5.74, 6) is 1.06. The van der Waals surface area contributed by atoms with E-state index in [2.05, 4.69) is 30.2 Å². The first-order chi connectivity index (χ1) is 9.65. The average molecular weight is 273 g/mol. The third-order valence-electron chi connectivity index (χ3n) is 3.99. The Morgan fingerprint density at radius 3 is 2.80 bits per heavy atom. The largest absolute Gasteiger partial charge is 0.396 e. The highest BCUT2D eigenvalue weighted by Crippen LogP contribution is 2.25. The smallest absolute Gasteiger partial charge is 0.144 e. The minimum absolute atomic E-state index is 0.140. The molecule has 0 radical (unpaired) electrons. The van der Waals surface area contributed by atoms with Crippen LogP contribution in [0.5, 0.6) is 0 Å². The van der Waals surface area contributed by atoms with Crippen LogP contribution in [0.2, 0.25) is 0 Å². The average Bonchev–Trinajstić information content (AvgIpc) is 2.45. The molecule has 4 heteroatoms. The van der Waals surface area contributed by atoms with Crippen LogP contribution in [0, 0.1) is 17.2 Å². The van der Waals surface area contributed by atoms with Crippen molar-refractivity contribution >= 4 is 5.82 Å². The van der Waals surface area contributed by atoms with E-state index in [1.807, 2.05) is 6.07 Å². The minimum Gasteiger partial charge on any atom is -0.396 e. The van der Waals surface area contributed by atoms with Gasteiger partial charge in [0.25, 0.3) is 0 Å². The summed E-state index contributed by atoms with van der Waals surface area (Å²) in [6.07, 6.45) is 5.06. The number of aliphatic hydroxyl groups excluding tert-OH is 1. The number of aromatic nitrogens is 1. The van der Waals surface area contributed by atoms with Gasteiger partial charge in [0.1, 0.15) is 11.9 Å². The zero-order valence-electron chi connectivity index (χ0n) is 12.3. The second-order valence-electron chi connectivity index (χ2n) is 5.82. The molecule has 1 aliphatic rings. The predicted octanol–water partition coefficient (Wildman–Crippen LogP) is 2.65. The monoisotopic (exact) mass is 273 g/mol. The number of hydrogen-bond acceptors (Lipinski definition) is 4. The highest BCUT2D eigenvalue weighted by atomic mass is 16.3. The number of hydrogen-bond donors (Lipinski definition) is 2. The standard InChI is InChI=1S/C16H23N3O/c1-11(2)14(7-8-20)18-16-13(10-17)9-12-5-3-4-6-15(12)19-16/h9,11,14,20H,3-8H2,1-2H3,(H,18,19). The maximum absolute atomic E-state index is 9.32. The molecule has 0 aromatic carbocycles. The van der Waals surface area contributed by atoms with Gasteiger partial charge < -0.3 is 10.4 Å². The van der Waals surface area contributed by atoms with Gasteiger partial charge in [0, 0.05) is 18.3 Å². The Morgan fingerprint density at radius 1 is 1.40 bits per heavy atom. The van der Waals surface area contributed by atoms with Gasteiger partial charge in [-0.1, -0.05) is 13.8 Å². The molecule has 2 N–H and O–H groups in total. The van der Waals surface area contributed by atoms with Gasteiger partial charge in [-0.15, -0.1) is 0 Å². The fraction of sp³-hybridized carbons (Fsp3) is 0.625. The van der Waals surface area contributed by atoms with Crippen molar-refractivity contribution in [1.82, 2.24) is 4.98 Å². The molecule has 4 nitrogen and oxygen atoms in total. The van der Waals surface area contributed by atoms with Crippen molar-refractivity contribution in [1.29, 1.82) is 5.26 Å². The van der Waals surface area contributed by atoms with Crippen molar-refractivity contribution in [2.45, 2.75) is 52.0 Å². The second kappa shape index (κ2) is 6.71. The van der Waals surface area contributed by atoms with Gasteiger partial charge in [0.2, 0.25) is 0 Å². The molecule has 108 valence electrons. The van der Waals surface area contributed by atoms with E-state index in [1.165, 1.54) is 18.4 Å². The molecule has 0 bridgehead atoms. The number of nitriles is 1. The molecule has 1 aromatic heterocycles. The lowest BCUT2D eigenvalue weighted by atomic mass is 9.94. The maximum Gasteiger partial charge on any atom is 0.144 e. The predicted molar refractivity (Wildman–Crippen MR) is 79.5 cm³/mol. The number of rotatable bonds is 5. The van der Waals surface area contributed by atoms with Gasteiger partial charge >= 0.3 is 0 Å². The Morgan fingerprint density at radius 2 is 2.15 bits per heavy atom. The first kappa shape index (κ1) is 14.8. The summed E-state index contributed by atoms with van der Waals surface area (Å²) in [6.45, 7) is 4.36. The second-order valence-corrected chi connectivity index (χ2v) is 5.82. The summed E-state index contributed by atoms with van der Waals surface area (Å²) < 4.78 is 0. The Balaban J connectivity index is 2.28. The number of aryl methyl sites for hydroxylation is 2. The number of fused-ring (bicyclic) bond motifs is 1. The molecule has 1 atom stereocenters. The Kier molecular flexibility index (Phi) is 4.97. The Labute approximate surface area is 120 Å². The summed E-state index contributed by atoms with van der Waals surface area (Å²) in [7, 11) is 0. The molecule has 1 aliphatic carbocycles. The van der Waals surface area contributed by atoms with Gasteiger partial charge in [-0.2, -0.15) is 5.26 Å². The van der Waals surface area contributed by atoms with E-state index in [1.54, 1.807) is 0 Å². The highest BCUT2D eigenvalue weighted by molar-refractivity contribution is 5.55. The number of pyridine rings is 1. The molecule has 0 saturated heterocycles. The minimum atomic E-state index is 0.140. The molecule has 0 aliphatic heterocycles. The van der Waals surface area contributed by atoms with E-state index in [0.29, 0.717) is 23.7 Å². The van der Waals surface area contributed by atoms with Crippen molar-refractivity contribution in [2.24, 2.45) is 5.92 Å². The van der Waals surface area contributed by atoms with Crippen LogP contribution in [-0.4, -0.2) is 22.7 Å². The van der Waals surface area contributed by atoms with Crippen LogP contribution in [0.1, 0.15) is 49.9 Å². The van der Waals surface area contributed by atoms with Crippen LogP contribution in [0.3, 0.4) is 0 Å². The quantitative estimate of drug-likeness (QED) is 0.865. The third kappa shape index (κ3) is 3.29. The van der Waals surface area contributed by atoms with Crippen LogP contribution in [0.15, 0.2) is 6.07 Å². The molecule has 0 fully saturated rings. The molecule has 0 amide bonds. The van der Waals surface area contributed by atoms with Crippen molar-refractivity contribution < 1.29 is 5.11 Å². The van der Waals surface area contributed by atoms with Gasteiger partial charge in [-0.05, 0) is 49.7 Å². The molecule has 1 unspecified atom stereocenters. The van der Waals surface area contributed by atoms with Crippen LogP contribution in [0.25, 0.3) is 0 Å². The highest BCUT2D eigenvalue weighted by Gasteiger charge is 2.19. The normalized spacial score (nSPS) is 15.6. The van der Waals surface area contributed by atoms with Crippen molar-refractivity contribution in [3.05, 3.63) is 22.9 Å². The summed E-state index contributed by atoms with van der Waals surface area (Å²) in [4.78, 5) is 4.67. The van der Waals surface area contributed by atoms with Gasteiger partial charge in [-0.25, -0.2) is 4.98 Å². The zero-order chi connectivity index (χ0) is 14.5. The third-order valence-corrected chi connectivity index (χ3v) is 3.99. The Hall–Kier alpha value is -1.60. The topological polar surface area (TPSA) is 68.9 Å². The first-order valence-electron chi connectivity index (χ1n) is 7.46. The molecular weight excluding hydrogens is 250 g/mol.